The molecule has 4 nitrogen and oxygen atoms in total. The number of methoxy groups -OCH3 is 1. The molecule has 0 saturated carbocycles. The second kappa shape index (κ2) is 5.40. The molecule has 1 aromatic rings. The van der Waals surface area contributed by atoms with Crippen molar-refractivity contribution in [2.24, 2.45) is 0 Å². The van der Waals surface area contributed by atoms with Gasteiger partial charge in [-0.25, -0.2) is 0 Å². The number of hydrogen-bond donors (Lipinski definition) is 1. The van der Waals surface area contributed by atoms with Gasteiger partial charge in [0, 0.05) is 25.0 Å². The zero-order valence-electron chi connectivity index (χ0n) is 11.0. The summed E-state index contributed by atoms with van der Waals surface area (Å²) in [5.41, 5.74) is 8.78. The van der Waals surface area contributed by atoms with E-state index in [-0.39, 0.29) is 12.0 Å². The summed E-state index contributed by atoms with van der Waals surface area (Å²) in [4.78, 5) is 14.2. The first-order chi connectivity index (χ1) is 8.69. The molecule has 0 aliphatic carbocycles. The predicted octanol–water partition coefficient (Wildman–Crippen LogP) is 1.97. The van der Waals surface area contributed by atoms with E-state index in [1.165, 1.54) is 0 Å². The quantitative estimate of drug-likeness (QED) is 0.832. The third kappa shape index (κ3) is 2.20. The maximum atomic E-state index is 12.4. The van der Waals surface area contributed by atoms with Crippen LogP contribution in [0.15, 0.2) is 18.2 Å². The fourth-order valence-electron chi connectivity index (χ4n) is 2.50. The lowest BCUT2D eigenvalue weighted by molar-refractivity contribution is -0.128. The number of carbonyl (C=O) groups excluding carboxylic acids is 1. The molecule has 98 valence electrons. The highest BCUT2D eigenvalue weighted by Crippen LogP contribution is 2.31. The lowest BCUT2D eigenvalue weighted by Crippen LogP contribution is -2.42. The van der Waals surface area contributed by atoms with Gasteiger partial charge in [0.2, 0.25) is 0 Å². The molecule has 0 radical (unpaired) electrons. The van der Waals surface area contributed by atoms with Crippen molar-refractivity contribution in [2.75, 3.05) is 24.3 Å². The third-order valence-corrected chi connectivity index (χ3v) is 3.48. The molecule has 2 N–H and O–H groups in total. The lowest BCUT2D eigenvalue weighted by Gasteiger charge is -2.32. The van der Waals surface area contributed by atoms with Crippen molar-refractivity contribution in [1.82, 2.24) is 0 Å². The molecule has 0 fully saturated rings. The predicted molar refractivity (Wildman–Crippen MR) is 72.6 cm³/mol. The lowest BCUT2D eigenvalue weighted by atomic mass is 9.99. The van der Waals surface area contributed by atoms with Crippen molar-refractivity contribution in [3.63, 3.8) is 0 Å². The number of hydrogen-bond acceptors (Lipinski definition) is 3. The van der Waals surface area contributed by atoms with Gasteiger partial charge >= 0.3 is 0 Å². The summed E-state index contributed by atoms with van der Waals surface area (Å²) in [6.07, 6.45) is 2.21. The van der Waals surface area contributed by atoms with Crippen LogP contribution in [-0.4, -0.2) is 25.7 Å². The molecule has 0 aromatic heterocycles. The van der Waals surface area contributed by atoms with Gasteiger partial charge in [-0.2, -0.15) is 0 Å². The molecular formula is C14H20N2O2. The van der Waals surface area contributed by atoms with E-state index in [1.54, 1.807) is 7.11 Å². The number of nitrogens with two attached hydrogens (primary N) is 1. The summed E-state index contributed by atoms with van der Waals surface area (Å²) in [6.45, 7) is 2.70. The smallest absolute Gasteiger partial charge is 0.256 e. The number of fused-ring (bicyclic) bond motifs is 1. The van der Waals surface area contributed by atoms with Gasteiger partial charge < -0.3 is 15.4 Å². The average Bonchev–Trinajstić information content (AvgIpc) is 2.40. The Labute approximate surface area is 108 Å². The van der Waals surface area contributed by atoms with E-state index >= 15 is 0 Å². The zero-order chi connectivity index (χ0) is 13.1. The largest absolute Gasteiger partial charge is 0.398 e. The molecule has 18 heavy (non-hydrogen) atoms. The highest BCUT2D eigenvalue weighted by molar-refractivity contribution is 5.98. The molecule has 2 rings (SSSR count). The van der Waals surface area contributed by atoms with Crippen LogP contribution >= 0.6 is 0 Å². The summed E-state index contributed by atoms with van der Waals surface area (Å²) < 4.78 is 5.24. The van der Waals surface area contributed by atoms with Crippen molar-refractivity contribution in [1.29, 1.82) is 0 Å². The number of rotatable bonds is 3. The van der Waals surface area contributed by atoms with Gasteiger partial charge in [-0.15, -0.1) is 0 Å². The van der Waals surface area contributed by atoms with E-state index in [9.17, 15) is 4.79 Å². The maximum Gasteiger partial charge on any atom is 0.256 e. The van der Waals surface area contributed by atoms with Gasteiger partial charge in [-0.05, 0) is 37.0 Å². The van der Waals surface area contributed by atoms with E-state index in [0.717, 1.165) is 36.3 Å². The van der Waals surface area contributed by atoms with Gasteiger partial charge in [0.15, 0.2) is 0 Å². The number of amides is 1. The molecule has 1 aliphatic heterocycles. The summed E-state index contributed by atoms with van der Waals surface area (Å²) in [6, 6.07) is 5.75. The van der Waals surface area contributed by atoms with Crippen LogP contribution in [0.1, 0.15) is 25.3 Å². The second-order valence-electron chi connectivity index (χ2n) is 4.57. The number of anilines is 2. The van der Waals surface area contributed by atoms with Crippen molar-refractivity contribution in [3.05, 3.63) is 23.8 Å². The van der Waals surface area contributed by atoms with E-state index in [1.807, 2.05) is 30.0 Å². The standard InChI is InChI=1S/C14H20N2O2/c1-3-13(18-2)14(17)16-9-5-6-10-11(15)7-4-8-12(10)16/h4,7-8,13H,3,5-6,9,15H2,1-2H3. The number of ether oxygens (including phenoxy) is 1. The Balaban J connectivity index is 2.33. The van der Waals surface area contributed by atoms with E-state index < -0.39 is 0 Å². The molecule has 0 spiro atoms. The van der Waals surface area contributed by atoms with Crippen molar-refractivity contribution in [2.45, 2.75) is 32.3 Å². The van der Waals surface area contributed by atoms with Crippen LogP contribution in [0.2, 0.25) is 0 Å². The number of carbonyl (C=O) groups is 1. The Bertz CT molecular complexity index is 441. The molecule has 1 amide bonds. The minimum atomic E-state index is -0.364. The van der Waals surface area contributed by atoms with Gasteiger partial charge in [0.1, 0.15) is 6.10 Å². The van der Waals surface area contributed by atoms with Crippen LogP contribution in [-0.2, 0) is 16.0 Å². The van der Waals surface area contributed by atoms with Crippen molar-refractivity contribution >= 4 is 17.3 Å². The van der Waals surface area contributed by atoms with E-state index in [0.29, 0.717) is 6.42 Å². The molecule has 1 aliphatic rings. The van der Waals surface area contributed by atoms with Gasteiger partial charge in [0.05, 0.1) is 0 Å². The SMILES string of the molecule is CCC(OC)C(=O)N1CCCc2c(N)cccc21. The first-order valence-electron chi connectivity index (χ1n) is 6.40. The van der Waals surface area contributed by atoms with Gasteiger partial charge in [0.25, 0.3) is 5.91 Å². The van der Waals surface area contributed by atoms with Crippen molar-refractivity contribution < 1.29 is 9.53 Å². The van der Waals surface area contributed by atoms with Crippen LogP contribution in [0.3, 0.4) is 0 Å². The topological polar surface area (TPSA) is 55.6 Å². The molecule has 0 bridgehead atoms. The zero-order valence-corrected chi connectivity index (χ0v) is 11.0. The maximum absolute atomic E-state index is 12.4. The Morgan fingerprint density at radius 3 is 3.00 bits per heavy atom. The Kier molecular flexibility index (Phi) is 3.87. The first kappa shape index (κ1) is 12.9. The van der Waals surface area contributed by atoms with Crippen LogP contribution in [0.4, 0.5) is 11.4 Å². The van der Waals surface area contributed by atoms with Crippen LogP contribution in [0.5, 0.6) is 0 Å². The van der Waals surface area contributed by atoms with Crippen LogP contribution < -0.4 is 10.6 Å². The van der Waals surface area contributed by atoms with Crippen LogP contribution in [0, 0.1) is 0 Å². The van der Waals surface area contributed by atoms with Crippen molar-refractivity contribution in [3.8, 4) is 0 Å². The molecule has 1 unspecified atom stereocenters. The normalized spacial score (nSPS) is 16.2. The fourth-order valence-corrected chi connectivity index (χ4v) is 2.50. The Hall–Kier alpha value is -1.55. The second-order valence-corrected chi connectivity index (χ2v) is 4.57. The number of nitrogens with zero attached hydrogens (tertiary/aromatic N) is 1. The summed E-state index contributed by atoms with van der Waals surface area (Å²) in [7, 11) is 1.58. The number of benzene rings is 1. The molecule has 4 heteroatoms. The average molecular weight is 248 g/mol. The van der Waals surface area contributed by atoms with E-state index in [4.69, 9.17) is 10.5 Å². The molecule has 0 saturated heterocycles. The summed E-state index contributed by atoms with van der Waals surface area (Å²) >= 11 is 0. The minimum Gasteiger partial charge on any atom is -0.398 e. The number of nitrogen functional groups attached to an aromatic ring is 1. The highest BCUT2D eigenvalue weighted by atomic mass is 16.5. The third-order valence-electron chi connectivity index (χ3n) is 3.48. The minimum absolute atomic E-state index is 0.0338. The molecule has 1 heterocycles. The van der Waals surface area contributed by atoms with Gasteiger partial charge in [-0.3, -0.25) is 4.79 Å². The highest BCUT2D eigenvalue weighted by Gasteiger charge is 2.28. The first-order valence-corrected chi connectivity index (χ1v) is 6.40. The molecule has 1 atom stereocenters. The fraction of sp³-hybridized carbons (Fsp3) is 0.500. The molecule has 1 aromatic carbocycles. The molecular weight excluding hydrogens is 228 g/mol. The summed E-state index contributed by atoms with van der Waals surface area (Å²) in [5.74, 6) is 0.0338. The monoisotopic (exact) mass is 248 g/mol. The van der Waals surface area contributed by atoms with E-state index in [2.05, 4.69) is 0 Å². The Morgan fingerprint density at radius 2 is 2.33 bits per heavy atom. The van der Waals surface area contributed by atoms with Gasteiger partial charge in [-0.1, -0.05) is 13.0 Å². The Morgan fingerprint density at radius 1 is 1.56 bits per heavy atom. The van der Waals surface area contributed by atoms with Crippen LogP contribution in [0.25, 0.3) is 0 Å². The summed E-state index contributed by atoms with van der Waals surface area (Å²) in [5, 5.41) is 0.